The van der Waals surface area contributed by atoms with Crippen molar-refractivity contribution in [1.82, 2.24) is 0 Å². The molecule has 0 saturated heterocycles. The Morgan fingerprint density at radius 1 is 0.609 bits per heavy atom. The van der Waals surface area contributed by atoms with Crippen LogP contribution in [0.15, 0.2) is 48.5 Å². The molecule has 0 N–H and O–H groups in total. The van der Waals surface area contributed by atoms with E-state index in [2.05, 4.69) is 90.1 Å². The minimum absolute atomic E-state index is 0.639. The summed E-state index contributed by atoms with van der Waals surface area (Å²) >= 11 is -0.639. The molecule has 0 fully saturated rings. The molecule has 0 atom stereocenters. The molecule has 2 aromatic rings. The Labute approximate surface area is 158 Å². The van der Waals surface area contributed by atoms with Crippen LogP contribution in [0.5, 0.6) is 0 Å². The van der Waals surface area contributed by atoms with Crippen LogP contribution in [0.4, 0.5) is 0 Å². The van der Waals surface area contributed by atoms with E-state index in [1.54, 1.807) is 0 Å². The Balaban J connectivity index is 0.000000360. The van der Waals surface area contributed by atoms with Crippen molar-refractivity contribution in [2.24, 2.45) is 0 Å². The Morgan fingerprint density at radius 3 is 1.00 bits per heavy atom. The predicted octanol–water partition coefficient (Wildman–Crippen LogP) is 7.61. The normalized spacial score (nSPS) is 10.0. The van der Waals surface area contributed by atoms with E-state index in [1.165, 1.54) is 22.3 Å². The summed E-state index contributed by atoms with van der Waals surface area (Å²) in [5.41, 5.74) is 5.52. The van der Waals surface area contributed by atoms with E-state index >= 15 is 0 Å². The van der Waals surface area contributed by atoms with Crippen LogP contribution in [0.2, 0.25) is 0 Å². The van der Waals surface area contributed by atoms with E-state index < -0.39 is 15.4 Å². The summed E-state index contributed by atoms with van der Waals surface area (Å²) in [7, 11) is 9.81. The molecule has 130 valence electrons. The Bertz CT molecular complexity index is 467. The van der Waals surface area contributed by atoms with Gasteiger partial charge in [0.2, 0.25) is 0 Å². The van der Waals surface area contributed by atoms with Crippen molar-refractivity contribution in [1.29, 1.82) is 0 Å². The molecule has 2 aromatic carbocycles. The van der Waals surface area contributed by atoms with Gasteiger partial charge in [0.05, 0.1) is 0 Å². The number of hydrogen-bond donors (Lipinski definition) is 0. The second-order valence-electron chi connectivity index (χ2n) is 6.18. The topological polar surface area (TPSA) is 0 Å². The fourth-order valence-corrected chi connectivity index (χ4v) is 1.90. The minimum atomic E-state index is -0.639. The van der Waals surface area contributed by atoms with Gasteiger partial charge in [0.1, 0.15) is 0 Å². The molecule has 0 nitrogen and oxygen atoms in total. The SMILES string of the molecule is Cc1ccc(C(C)C)cc1.Cc1ccc(C(C)C)cc1.[Cl][Os][Cl]. The van der Waals surface area contributed by atoms with E-state index in [4.69, 9.17) is 19.3 Å². The number of rotatable bonds is 2. The van der Waals surface area contributed by atoms with Crippen molar-refractivity contribution in [3.05, 3.63) is 70.8 Å². The van der Waals surface area contributed by atoms with Crippen molar-refractivity contribution in [3.8, 4) is 0 Å². The van der Waals surface area contributed by atoms with Crippen LogP contribution in [-0.4, -0.2) is 0 Å². The summed E-state index contributed by atoms with van der Waals surface area (Å²) < 4.78 is 0. The van der Waals surface area contributed by atoms with E-state index in [9.17, 15) is 0 Å². The average Bonchev–Trinajstić information content (AvgIpc) is 2.49. The van der Waals surface area contributed by atoms with Crippen molar-refractivity contribution < 1.29 is 15.4 Å². The third-order valence-electron chi connectivity index (χ3n) is 3.49. The number of benzene rings is 2. The first-order chi connectivity index (χ1) is 10.8. The average molecular weight is 530 g/mol. The molecule has 0 bridgehead atoms. The molecule has 0 radical (unpaired) electrons. The van der Waals surface area contributed by atoms with Gasteiger partial charge in [-0.3, -0.25) is 0 Å². The molecule has 3 heteroatoms. The summed E-state index contributed by atoms with van der Waals surface area (Å²) in [6.45, 7) is 13.1. The van der Waals surface area contributed by atoms with Crippen LogP contribution in [0.25, 0.3) is 0 Å². The molecular weight excluding hydrogens is 501 g/mol. The summed E-state index contributed by atoms with van der Waals surface area (Å²) in [6, 6.07) is 17.4. The Kier molecular flexibility index (Phi) is 12.8. The molecule has 0 aliphatic carbocycles. The summed E-state index contributed by atoms with van der Waals surface area (Å²) in [6.07, 6.45) is 0. The van der Waals surface area contributed by atoms with Crippen molar-refractivity contribution in [2.75, 3.05) is 0 Å². The predicted molar refractivity (Wildman–Crippen MR) is 102 cm³/mol. The molecule has 0 saturated carbocycles. The monoisotopic (exact) mass is 530 g/mol. The summed E-state index contributed by atoms with van der Waals surface area (Å²) in [4.78, 5) is 0. The maximum atomic E-state index is 4.90. The van der Waals surface area contributed by atoms with Gasteiger partial charge in [-0.25, -0.2) is 0 Å². The van der Waals surface area contributed by atoms with Crippen molar-refractivity contribution >= 4 is 19.3 Å². The molecular formula is C20H28Cl2Os. The summed E-state index contributed by atoms with van der Waals surface area (Å²) in [5, 5.41) is 0. The zero-order chi connectivity index (χ0) is 17.8. The standard InChI is InChI=1S/2C10H14.2ClH.Os/c2*1-8(2)10-6-4-9(3)5-7-10;;;/h2*4-8H,1-3H3;2*1H;/q;;;;+2/p-2. The van der Waals surface area contributed by atoms with Crippen LogP contribution >= 0.6 is 19.3 Å². The van der Waals surface area contributed by atoms with Gasteiger partial charge in [-0.05, 0) is 36.8 Å². The molecule has 23 heavy (non-hydrogen) atoms. The van der Waals surface area contributed by atoms with Gasteiger partial charge in [-0.2, -0.15) is 0 Å². The van der Waals surface area contributed by atoms with E-state index in [1.807, 2.05) is 0 Å². The van der Waals surface area contributed by atoms with Gasteiger partial charge in [-0.15, -0.1) is 0 Å². The quantitative estimate of drug-likeness (QED) is 0.376. The summed E-state index contributed by atoms with van der Waals surface area (Å²) in [5.74, 6) is 1.31. The fraction of sp³-hybridized carbons (Fsp3) is 0.400. The van der Waals surface area contributed by atoms with Gasteiger partial charge in [-0.1, -0.05) is 87.4 Å². The van der Waals surface area contributed by atoms with Crippen molar-refractivity contribution in [3.63, 3.8) is 0 Å². The van der Waals surface area contributed by atoms with E-state index in [0.717, 1.165) is 0 Å². The second-order valence-corrected chi connectivity index (χ2v) is 9.85. The molecule has 0 amide bonds. The third-order valence-corrected chi connectivity index (χ3v) is 3.49. The Hall–Kier alpha value is -0.344. The third kappa shape index (κ3) is 10.9. The zero-order valence-corrected chi connectivity index (χ0v) is 18.9. The molecule has 0 heterocycles. The maximum absolute atomic E-state index is 4.90. The van der Waals surface area contributed by atoms with Gasteiger partial charge < -0.3 is 0 Å². The van der Waals surface area contributed by atoms with Gasteiger partial charge in [0.25, 0.3) is 0 Å². The Morgan fingerprint density at radius 2 is 0.826 bits per heavy atom. The molecule has 0 spiro atoms. The van der Waals surface area contributed by atoms with Gasteiger partial charge >= 0.3 is 34.7 Å². The second kappa shape index (κ2) is 13.0. The van der Waals surface area contributed by atoms with Crippen LogP contribution in [0, 0.1) is 13.8 Å². The van der Waals surface area contributed by atoms with Crippen LogP contribution in [0.1, 0.15) is 61.8 Å². The van der Waals surface area contributed by atoms with Crippen LogP contribution in [0.3, 0.4) is 0 Å². The zero-order valence-electron chi connectivity index (χ0n) is 14.9. The number of aryl methyl sites for hydroxylation is 2. The van der Waals surface area contributed by atoms with E-state index in [-0.39, 0.29) is 0 Å². The molecule has 0 aliphatic rings. The molecule has 0 aromatic heterocycles. The first-order valence-electron chi connectivity index (χ1n) is 7.80. The van der Waals surface area contributed by atoms with Crippen molar-refractivity contribution in [2.45, 2.75) is 53.4 Å². The van der Waals surface area contributed by atoms with Crippen LogP contribution in [-0.2, 0) is 15.4 Å². The first kappa shape index (κ1) is 22.7. The van der Waals surface area contributed by atoms with E-state index in [0.29, 0.717) is 11.8 Å². The fourth-order valence-electron chi connectivity index (χ4n) is 1.90. The van der Waals surface area contributed by atoms with Gasteiger partial charge in [0.15, 0.2) is 0 Å². The molecule has 0 aliphatic heterocycles. The number of halogens is 2. The van der Waals surface area contributed by atoms with Gasteiger partial charge in [0, 0.05) is 0 Å². The van der Waals surface area contributed by atoms with Crippen LogP contribution < -0.4 is 0 Å². The molecule has 2 rings (SSSR count). The number of hydrogen-bond acceptors (Lipinski definition) is 0. The first-order valence-corrected chi connectivity index (χ1v) is 14.1. The molecule has 0 unspecified atom stereocenters.